The lowest BCUT2D eigenvalue weighted by atomic mass is 9.93. The van der Waals surface area contributed by atoms with Crippen LogP contribution in [-0.4, -0.2) is 0 Å². The zero-order valence-electron chi connectivity index (χ0n) is 25.4. The molecule has 0 fully saturated rings. The third kappa shape index (κ3) is 5.67. The molecule has 7 rings (SSSR count). The topological polar surface area (TPSA) is 26.9 Å². The lowest BCUT2D eigenvalue weighted by Gasteiger charge is -2.21. The molecule has 2 heteroatoms. The summed E-state index contributed by atoms with van der Waals surface area (Å²) < 4.78 is 2.31. The highest BCUT2D eigenvalue weighted by Crippen LogP contribution is 2.39. The van der Waals surface area contributed by atoms with E-state index in [0.29, 0.717) is 11.1 Å². The summed E-state index contributed by atoms with van der Waals surface area (Å²) in [5.41, 5.74) is 12.9. The van der Waals surface area contributed by atoms with Gasteiger partial charge in [-0.15, -0.1) is 0 Å². The Morgan fingerprint density at radius 1 is 0.378 bits per heavy atom. The minimum Gasteiger partial charge on any atom is -0.872 e. The Labute approximate surface area is 265 Å². The third-order valence-electron chi connectivity index (χ3n) is 8.30. The smallest absolute Gasteiger partial charge is 0.219 e. The Morgan fingerprint density at radius 3 is 1.20 bits per heavy atom. The summed E-state index contributed by atoms with van der Waals surface area (Å²) >= 11 is 0. The number of rotatable bonds is 6. The SMILES string of the molecule is Cc1cccc(-c2cc(-[n+]3c(-c4ccccc4)cc(-c4ccccc4)cc3-c3ccccc3)cc(-c3cccc(C)c3)c2[O-])c1. The number of aromatic nitrogens is 1. The molecule has 216 valence electrons. The van der Waals surface area contributed by atoms with Gasteiger partial charge in [-0.25, -0.2) is 0 Å². The molecule has 0 spiro atoms. The summed E-state index contributed by atoms with van der Waals surface area (Å²) in [5.74, 6) is 0.0268. The van der Waals surface area contributed by atoms with Crippen molar-refractivity contribution in [1.82, 2.24) is 0 Å². The van der Waals surface area contributed by atoms with Crippen LogP contribution in [0.25, 0.3) is 61.6 Å². The molecule has 6 aromatic carbocycles. The van der Waals surface area contributed by atoms with E-state index in [4.69, 9.17) is 0 Å². The summed E-state index contributed by atoms with van der Waals surface area (Å²) in [6, 6.07) is 56.6. The van der Waals surface area contributed by atoms with Crippen molar-refractivity contribution in [3.63, 3.8) is 0 Å². The number of nitrogens with zero attached hydrogens (tertiary/aromatic N) is 1. The fourth-order valence-electron chi connectivity index (χ4n) is 6.11. The molecule has 0 amide bonds. The molecule has 45 heavy (non-hydrogen) atoms. The van der Waals surface area contributed by atoms with E-state index in [-0.39, 0.29) is 5.75 Å². The van der Waals surface area contributed by atoms with Gasteiger partial charge in [0.15, 0.2) is 0 Å². The largest absolute Gasteiger partial charge is 0.872 e. The first-order valence-electron chi connectivity index (χ1n) is 15.3. The average molecular weight is 580 g/mol. The fourth-order valence-corrected chi connectivity index (χ4v) is 6.11. The van der Waals surface area contributed by atoms with Crippen molar-refractivity contribution in [2.75, 3.05) is 0 Å². The molecule has 7 aromatic rings. The summed E-state index contributed by atoms with van der Waals surface area (Å²) in [6.07, 6.45) is 0. The van der Waals surface area contributed by atoms with E-state index in [1.165, 1.54) is 0 Å². The molecule has 1 aromatic heterocycles. The van der Waals surface area contributed by atoms with Crippen molar-refractivity contribution in [3.8, 4) is 67.3 Å². The molecule has 0 aliphatic heterocycles. The number of aryl methyl sites for hydroxylation is 2. The average Bonchev–Trinajstić information content (AvgIpc) is 3.09. The van der Waals surface area contributed by atoms with Crippen molar-refractivity contribution >= 4 is 0 Å². The third-order valence-corrected chi connectivity index (χ3v) is 8.30. The van der Waals surface area contributed by atoms with Crippen molar-refractivity contribution in [2.24, 2.45) is 0 Å². The number of benzene rings is 6. The van der Waals surface area contributed by atoms with Crippen LogP contribution in [0.1, 0.15) is 11.1 Å². The first-order valence-corrected chi connectivity index (χ1v) is 15.3. The van der Waals surface area contributed by atoms with Crippen LogP contribution in [0.5, 0.6) is 5.75 Å². The Hall–Kier alpha value is -5.73. The van der Waals surface area contributed by atoms with Crippen molar-refractivity contribution < 1.29 is 9.67 Å². The van der Waals surface area contributed by atoms with E-state index >= 15 is 0 Å². The molecule has 0 N–H and O–H groups in total. The molecule has 0 aliphatic carbocycles. The maximum atomic E-state index is 14.3. The highest BCUT2D eigenvalue weighted by atomic mass is 16.3. The van der Waals surface area contributed by atoms with Gasteiger partial charge in [-0.3, -0.25) is 0 Å². The molecule has 0 saturated carbocycles. The molecule has 2 nitrogen and oxygen atoms in total. The summed E-state index contributed by atoms with van der Waals surface area (Å²) in [6.45, 7) is 4.13. The minimum atomic E-state index is 0.0268. The Morgan fingerprint density at radius 2 is 0.778 bits per heavy atom. The second-order valence-electron chi connectivity index (χ2n) is 11.6. The van der Waals surface area contributed by atoms with E-state index in [0.717, 1.165) is 61.6 Å². The molecular formula is C43H33NO. The Kier molecular flexibility index (Phi) is 7.55. The van der Waals surface area contributed by atoms with Crippen LogP contribution >= 0.6 is 0 Å². The number of pyridine rings is 1. The van der Waals surface area contributed by atoms with Gasteiger partial charge in [0.1, 0.15) is 0 Å². The van der Waals surface area contributed by atoms with Crippen LogP contribution < -0.4 is 9.67 Å². The molecule has 0 unspecified atom stereocenters. The summed E-state index contributed by atoms with van der Waals surface area (Å²) in [4.78, 5) is 0. The van der Waals surface area contributed by atoms with Crippen molar-refractivity contribution in [1.29, 1.82) is 0 Å². The van der Waals surface area contributed by atoms with Crippen LogP contribution in [0.2, 0.25) is 0 Å². The van der Waals surface area contributed by atoms with Gasteiger partial charge in [0.05, 0.1) is 0 Å². The summed E-state index contributed by atoms with van der Waals surface area (Å²) in [5, 5.41) is 14.3. The van der Waals surface area contributed by atoms with Gasteiger partial charge in [-0.2, -0.15) is 4.57 Å². The molecule has 0 saturated heterocycles. The maximum absolute atomic E-state index is 14.3. The van der Waals surface area contributed by atoms with Gasteiger partial charge in [0.25, 0.3) is 0 Å². The van der Waals surface area contributed by atoms with Crippen LogP contribution in [0.4, 0.5) is 0 Å². The maximum Gasteiger partial charge on any atom is 0.219 e. The summed E-state index contributed by atoms with van der Waals surface area (Å²) in [7, 11) is 0. The Bertz CT molecular complexity index is 1990. The van der Waals surface area contributed by atoms with Crippen molar-refractivity contribution in [3.05, 3.63) is 175 Å². The van der Waals surface area contributed by atoms with E-state index < -0.39 is 0 Å². The number of hydrogen-bond donors (Lipinski definition) is 0. The van der Waals surface area contributed by atoms with E-state index in [1.807, 2.05) is 42.5 Å². The van der Waals surface area contributed by atoms with E-state index in [2.05, 4.69) is 140 Å². The standard InChI is InChI=1S/C43H33NO/c1-30-14-12-22-35(24-30)39-28-38(29-40(43(39)45)36-23-13-15-31(2)25-36)44-41(33-18-8-4-9-19-33)26-37(32-16-6-3-7-17-32)27-42(44)34-20-10-5-11-21-34/h3-29H,1-2H3. The van der Waals surface area contributed by atoms with Gasteiger partial charge in [0.2, 0.25) is 17.1 Å². The molecule has 0 aliphatic rings. The fraction of sp³-hybridized carbons (Fsp3) is 0.0465. The van der Waals surface area contributed by atoms with Crippen LogP contribution in [0, 0.1) is 13.8 Å². The first kappa shape index (κ1) is 28.1. The molecule has 0 bridgehead atoms. The van der Waals surface area contributed by atoms with E-state index in [9.17, 15) is 5.11 Å². The number of hydrogen-bond acceptors (Lipinski definition) is 1. The van der Waals surface area contributed by atoms with Gasteiger partial charge in [0, 0.05) is 35.4 Å². The van der Waals surface area contributed by atoms with Crippen LogP contribution in [0.15, 0.2) is 164 Å². The monoisotopic (exact) mass is 579 g/mol. The second kappa shape index (κ2) is 12.1. The molecular weight excluding hydrogens is 546 g/mol. The quantitative estimate of drug-likeness (QED) is 0.180. The highest BCUT2D eigenvalue weighted by Gasteiger charge is 2.26. The molecule has 0 atom stereocenters. The normalized spacial score (nSPS) is 11.0. The van der Waals surface area contributed by atoms with Crippen LogP contribution in [0.3, 0.4) is 0 Å². The second-order valence-corrected chi connectivity index (χ2v) is 11.6. The Balaban J connectivity index is 1.61. The molecule has 0 radical (unpaired) electrons. The van der Waals surface area contributed by atoms with Crippen molar-refractivity contribution in [2.45, 2.75) is 13.8 Å². The first-order chi connectivity index (χ1) is 22.0. The lowest BCUT2D eigenvalue weighted by Crippen LogP contribution is -2.36. The van der Waals surface area contributed by atoms with Crippen LogP contribution in [-0.2, 0) is 0 Å². The van der Waals surface area contributed by atoms with E-state index in [1.54, 1.807) is 0 Å². The predicted molar refractivity (Wildman–Crippen MR) is 184 cm³/mol. The highest BCUT2D eigenvalue weighted by molar-refractivity contribution is 5.84. The van der Waals surface area contributed by atoms with Gasteiger partial charge >= 0.3 is 0 Å². The zero-order valence-corrected chi connectivity index (χ0v) is 25.4. The van der Waals surface area contributed by atoms with Gasteiger partial charge < -0.3 is 5.11 Å². The minimum absolute atomic E-state index is 0.0268. The predicted octanol–water partition coefficient (Wildman–Crippen LogP) is 9.99. The zero-order chi connectivity index (χ0) is 30.8. The van der Waals surface area contributed by atoms with Gasteiger partial charge in [-0.05, 0) is 71.5 Å². The molecule has 1 heterocycles. The van der Waals surface area contributed by atoms with Gasteiger partial charge in [-0.1, -0.05) is 132 Å². The lowest BCUT2D eigenvalue weighted by molar-refractivity contribution is -0.572.